The molecule has 0 saturated heterocycles. The Labute approximate surface area is 84.3 Å². The standard InChI is InChI=1S/C9H17N5/c1-7(5-10-2)14-9-4-8(11-3)12-6-13-9/h4,6-7,10H,5H2,1-3H3,(H2,11,12,13,14). The Morgan fingerprint density at radius 3 is 2.64 bits per heavy atom. The van der Waals surface area contributed by atoms with E-state index in [9.17, 15) is 0 Å². The number of anilines is 2. The van der Waals surface area contributed by atoms with Crippen LogP contribution in [0, 0.1) is 0 Å². The Kier molecular flexibility index (Phi) is 4.12. The fourth-order valence-electron chi connectivity index (χ4n) is 1.18. The molecule has 5 nitrogen and oxygen atoms in total. The number of nitrogens with one attached hydrogen (secondary N) is 3. The minimum Gasteiger partial charge on any atom is -0.373 e. The molecule has 3 N–H and O–H groups in total. The lowest BCUT2D eigenvalue weighted by molar-refractivity contribution is 0.698. The fourth-order valence-corrected chi connectivity index (χ4v) is 1.18. The highest BCUT2D eigenvalue weighted by Gasteiger charge is 2.01. The van der Waals surface area contributed by atoms with Crippen molar-refractivity contribution in [3.63, 3.8) is 0 Å². The van der Waals surface area contributed by atoms with Gasteiger partial charge in [-0.05, 0) is 14.0 Å². The second kappa shape index (κ2) is 5.39. The van der Waals surface area contributed by atoms with Crippen LogP contribution in [-0.4, -0.2) is 36.6 Å². The molecule has 1 rings (SSSR count). The van der Waals surface area contributed by atoms with Gasteiger partial charge in [-0.3, -0.25) is 0 Å². The summed E-state index contributed by atoms with van der Waals surface area (Å²) in [6.45, 7) is 3.00. The van der Waals surface area contributed by atoms with Crippen LogP contribution in [0.15, 0.2) is 12.4 Å². The summed E-state index contributed by atoms with van der Waals surface area (Å²) in [6, 6.07) is 2.23. The summed E-state index contributed by atoms with van der Waals surface area (Å²) in [5.74, 6) is 1.66. The highest BCUT2D eigenvalue weighted by molar-refractivity contribution is 5.46. The van der Waals surface area contributed by atoms with Crippen LogP contribution in [0.25, 0.3) is 0 Å². The van der Waals surface area contributed by atoms with Crippen molar-refractivity contribution < 1.29 is 0 Å². The van der Waals surface area contributed by atoms with E-state index in [1.54, 1.807) is 6.33 Å². The van der Waals surface area contributed by atoms with E-state index in [1.165, 1.54) is 0 Å². The first-order valence-corrected chi connectivity index (χ1v) is 4.67. The van der Waals surface area contributed by atoms with Crippen molar-refractivity contribution >= 4 is 11.6 Å². The number of hydrogen-bond donors (Lipinski definition) is 3. The molecular formula is C9H17N5. The molecule has 14 heavy (non-hydrogen) atoms. The maximum Gasteiger partial charge on any atom is 0.131 e. The predicted octanol–water partition coefficient (Wildman–Crippen LogP) is 0.538. The number of hydrogen-bond acceptors (Lipinski definition) is 5. The molecule has 0 saturated carbocycles. The van der Waals surface area contributed by atoms with Crippen molar-refractivity contribution in [2.24, 2.45) is 0 Å². The van der Waals surface area contributed by atoms with Crippen LogP contribution in [-0.2, 0) is 0 Å². The molecule has 5 heteroatoms. The van der Waals surface area contributed by atoms with Gasteiger partial charge in [0.15, 0.2) is 0 Å². The molecule has 78 valence electrons. The molecule has 1 aromatic heterocycles. The van der Waals surface area contributed by atoms with Crippen molar-refractivity contribution in [3.8, 4) is 0 Å². The molecule has 0 fully saturated rings. The van der Waals surface area contributed by atoms with Crippen molar-refractivity contribution in [2.45, 2.75) is 13.0 Å². The number of aromatic nitrogens is 2. The van der Waals surface area contributed by atoms with Crippen LogP contribution in [0.4, 0.5) is 11.6 Å². The number of rotatable bonds is 5. The minimum atomic E-state index is 0.347. The van der Waals surface area contributed by atoms with Gasteiger partial charge in [0.05, 0.1) is 0 Å². The molecule has 0 aliphatic heterocycles. The van der Waals surface area contributed by atoms with E-state index >= 15 is 0 Å². The van der Waals surface area contributed by atoms with Gasteiger partial charge >= 0.3 is 0 Å². The summed E-state index contributed by atoms with van der Waals surface area (Å²) in [5.41, 5.74) is 0. The summed E-state index contributed by atoms with van der Waals surface area (Å²) >= 11 is 0. The third-order valence-corrected chi connectivity index (χ3v) is 1.83. The van der Waals surface area contributed by atoms with E-state index in [1.807, 2.05) is 20.2 Å². The lowest BCUT2D eigenvalue weighted by Crippen LogP contribution is -2.28. The summed E-state index contributed by atoms with van der Waals surface area (Å²) in [5, 5.41) is 9.32. The average Bonchev–Trinajstić information content (AvgIpc) is 2.18. The lowest BCUT2D eigenvalue weighted by atomic mass is 10.3. The second-order valence-corrected chi connectivity index (χ2v) is 3.14. The summed E-state index contributed by atoms with van der Waals surface area (Å²) in [7, 11) is 3.76. The van der Waals surface area contributed by atoms with Gasteiger partial charge in [-0.25, -0.2) is 9.97 Å². The Morgan fingerprint density at radius 2 is 2.00 bits per heavy atom. The Bertz CT molecular complexity index is 276. The van der Waals surface area contributed by atoms with Gasteiger partial charge in [-0.2, -0.15) is 0 Å². The van der Waals surface area contributed by atoms with Gasteiger partial charge in [0.1, 0.15) is 18.0 Å². The Hall–Kier alpha value is -1.36. The van der Waals surface area contributed by atoms with E-state index in [2.05, 4.69) is 32.8 Å². The quantitative estimate of drug-likeness (QED) is 0.640. The summed E-state index contributed by atoms with van der Waals surface area (Å²) in [6.07, 6.45) is 1.54. The molecule has 0 spiro atoms. The molecule has 0 bridgehead atoms. The summed E-state index contributed by atoms with van der Waals surface area (Å²) < 4.78 is 0. The van der Waals surface area contributed by atoms with E-state index in [0.717, 1.165) is 18.2 Å². The van der Waals surface area contributed by atoms with Crippen LogP contribution in [0.3, 0.4) is 0 Å². The third-order valence-electron chi connectivity index (χ3n) is 1.83. The van der Waals surface area contributed by atoms with Gasteiger partial charge < -0.3 is 16.0 Å². The van der Waals surface area contributed by atoms with Crippen molar-refractivity contribution in [1.29, 1.82) is 0 Å². The van der Waals surface area contributed by atoms with Gasteiger partial charge in [0.2, 0.25) is 0 Å². The zero-order valence-corrected chi connectivity index (χ0v) is 8.83. The van der Waals surface area contributed by atoms with Crippen molar-refractivity contribution in [2.75, 3.05) is 31.3 Å². The number of nitrogens with zero attached hydrogens (tertiary/aromatic N) is 2. The van der Waals surface area contributed by atoms with E-state index in [-0.39, 0.29) is 0 Å². The lowest BCUT2D eigenvalue weighted by Gasteiger charge is -2.13. The van der Waals surface area contributed by atoms with E-state index < -0.39 is 0 Å². The van der Waals surface area contributed by atoms with Gasteiger partial charge in [-0.1, -0.05) is 0 Å². The topological polar surface area (TPSA) is 61.9 Å². The van der Waals surface area contributed by atoms with Gasteiger partial charge in [0, 0.05) is 25.7 Å². The Balaban J connectivity index is 2.57. The molecular weight excluding hydrogens is 178 g/mol. The van der Waals surface area contributed by atoms with Crippen LogP contribution in [0.2, 0.25) is 0 Å². The first-order chi connectivity index (χ1) is 6.76. The van der Waals surface area contributed by atoms with Gasteiger partial charge in [0.25, 0.3) is 0 Å². The molecule has 1 aromatic rings. The van der Waals surface area contributed by atoms with Crippen LogP contribution in [0.5, 0.6) is 0 Å². The Morgan fingerprint density at radius 1 is 1.29 bits per heavy atom. The smallest absolute Gasteiger partial charge is 0.131 e. The first-order valence-electron chi connectivity index (χ1n) is 4.67. The molecule has 0 radical (unpaired) electrons. The maximum atomic E-state index is 4.12. The monoisotopic (exact) mass is 195 g/mol. The molecule has 1 atom stereocenters. The van der Waals surface area contributed by atoms with Gasteiger partial charge in [-0.15, -0.1) is 0 Å². The van der Waals surface area contributed by atoms with E-state index in [4.69, 9.17) is 0 Å². The highest BCUT2D eigenvalue weighted by atomic mass is 15.1. The van der Waals surface area contributed by atoms with Crippen molar-refractivity contribution in [3.05, 3.63) is 12.4 Å². The zero-order valence-electron chi connectivity index (χ0n) is 8.83. The SMILES string of the molecule is CNCC(C)Nc1cc(NC)ncn1. The first kappa shape index (κ1) is 10.7. The molecule has 0 aliphatic carbocycles. The maximum absolute atomic E-state index is 4.12. The number of likely N-dealkylation sites (N-methyl/N-ethyl adjacent to an activating group) is 1. The van der Waals surface area contributed by atoms with Crippen LogP contribution in [0.1, 0.15) is 6.92 Å². The zero-order chi connectivity index (χ0) is 10.4. The molecule has 0 aromatic carbocycles. The van der Waals surface area contributed by atoms with E-state index in [0.29, 0.717) is 6.04 Å². The minimum absolute atomic E-state index is 0.347. The second-order valence-electron chi connectivity index (χ2n) is 3.14. The fraction of sp³-hybridized carbons (Fsp3) is 0.556. The molecule has 1 heterocycles. The molecule has 0 amide bonds. The predicted molar refractivity (Wildman–Crippen MR) is 58.6 cm³/mol. The average molecular weight is 195 g/mol. The van der Waals surface area contributed by atoms with Crippen LogP contribution >= 0.6 is 0 Å². The largest absolute Gasteiger partial charge is 0.373 e. The normalized spacial score (nSPS) is 12.2. The summed E-state index contributed by atoms with van der Waals surface area (Å²) in [4.78, 5) is 8.15. The molecule has 0 aliphatic rings. The van der Waals surface area contributed by atoms with Crippen LogP contribution < -0.4 is 16.0 Å². The third kappa shape index (κ3) is 3.18. The van der Waals surface area contributed by atoms with Crippen molar-refractivity contribution in [1.82, 2.24) is 15.3 Å². The molecule has 1 unspecified atom stereocenters. The highest BCUT2D eigenvalue weighted by Crippen LogP contribution is 2.08.